The van der Waals surface area contributed by atoms with E-state index in [9.17, 15) is 14.7 Å². The fraction of sp³-hybridized carbons (Fsp3) is 0.429. The average molecular weight is 294 g/mol. The van der Waals surface area contributed by atoms with Crippen LogP contribution in [0.3, 0.4) is 0 Å². The maximum atomic E-state index is 12.6. The second-order valence-electron chi connectivity index (χ2n) is 4.64. The Balaban J connectivity index is 2.26. The first-order valence-corrected chi connectivity index (χ1v) is 7.66. The molecule has 0 bridgehead atoms. The SMILES string of the molecule is CCN(C(=O)N1CSCC1C(=O)O)c1ccccc1C. The first-order valence-electron chi connectivity index (χ1n) is 6.50. The van der Waals surface area contributed by atoms with E-state index >= 15 is 0 Å². The predicted molar refractivity (Wildman–Crippen MR) is 80.2 cm³/mol. The van der Waals surface area contributed by atoms with Crippen LogP contribution < -0.4 is 4.90 Å². The van der Waals surface area contributed by atoms with Gasteiger partial charge in [0.1, 0.15) is 6.04 Å². The molecule has 1 saturated heterocycles. The maximum absolute atomic E-state index is 12.6. The Bertz CT molecular complexity index is 521. The van der Waals surface area contributed by atoms with Gasteiger partial charge in [-0.15, -0.1) is 11.8 Å². The van der Waals surface area contributed by atoms with Gasteiger partial charge in [-0.25, -0.2) is 9.59 Å². The van der Waals surface area contributed by atoms with Gasteiger partial charge >= 0.3 is 12.0 Å². The highest BCUT2D eigenvalue weighted by Crippen LogP contribution is 2.26. The number of carboxylic acid groups (broad SMARTS) is 1. The largest absolute Gasteiger partial charge is 0.480 e. The fourth-order valence-corrected chi connectivity index (χ4v) is 3.40. The van der Waals surface area contributed by atoms with Crippen LogP contribution >= 0.6 is 11.8 Å². The third kappa shape index (κ3) is 2.75. The Morgan fingerprint density at radius 2 is 2.15 bits per heavy atom. The van der Waals surface area contributed by atoms with Crippen LogP contribution in [0.2, 0.25) is 0 Å². The molecule has 0 aromatic heterocycles. The van der Waals surface area contributed by atoms with Crippen molar-refractivity contribution in [2.45, 2.75) is 19.9 Å². The van der Waals surface area contributed by atoms with E-state index in [0.717, 1.165) is 11.3 Å². The predicted octanol–water partition coefficient (Wildman–Crippen LogP) is 2.40. The number of hydrogen-bond donors (Lipinski definition) is 1. The molecule has 1 atom stereocenters. The zero-order chi connectivity index (χ0) is 14.7. The number of aliphatic carboxylic acids is 1. The van der Waals surface area contributed by atoms with Crippen LogP contribution in [0.4, 0.5) is 10.5 Å². The standard InChI is InChI=1S/C14H18N2O3S/c1-3-15(11-7-5-4-6-10(11)2)14(19)16-9-20-8-12(16)13(17)18/h4-7,12H,3,8-9H2,1-2H3,(H,17,18). The third-order valence-electron chi connectivity index (χ3n) is 3.37. The zero-order valence-corrected chi connectivity index (χ0v) is 12.4. The topological polar surface area (TPSA) is 60.9 Å². The van der Waals surface area contributed by atoms with Crippen molar-refractivity contribution in [3.05, 3.63) is 29.8 Å². The molecule has 5 nitrogen and oxygen atoms in total. The molecular weight excluding hydrogens is 276 g/mol. The van der Waals surface area contributed by atoms with Gasteiger partial charge in [0.2, 0.25) is 0 Å². The van der Waals surface area contributed by atoms with Gasteiger partial charge in [-0.3, -0.25) is 4.90 Å². The molecule has 20 heavy (non-hydrogen) atoms. The van der Waals surface area contributed by atoms with Crippen LogP contribution in [0.5, 0.6) is 0 Å². The quantitative estimate of drug-likeness (QED) is 0.930. The lowest BCUT2D eigenvalue weighted by Crippen LogP contribution is -2.49. The zero-order valence-electron chi connectivity index (χ0n) is 11.6. The summed E-state index contributed by atoms with van der Waals surface area (Å²) < 4.78 is 0. The van der Waals surface area contributed by atoms with Crippen molar-refractivity contribution < 1.29 is 14.7 Å². The number of thioether (sulfide) groups is 1. The molecule has 6 heteroatoms. The second kappa shape index (κ2) is 6.17. The van der Waals surface area contributed by atoms with Crippen molar-refractivity contribution in [3.63, 3.8) is 0 Å². The first-order chi connectivity index (χ1) is 9.56. The molecule has 1 aliphatic heterocycles. The summed E-state index contributed by atoms with van der Waals surface area (Å²) in [7, 11) is 0. The number of amides is 2. The number of rotatable bonds is 3. The monoisotopic (exact) mass is 294 g/mol. The van der Waals surface area contributed by atoms with Gasteiger partial charge in [-0.05, 0) is 25.5 Å². The minimum absolute atomic E-state index is 0.237. The van der Waals surface area contributed by atoms with E-state index in [1.807, 2.05) is 38.1 Å². The summed E-state index contributed by atoms with van der Waals surface area (Å²) in [6.07, 6.45) is 0. The van der Waals surface area contributed by atoms with Crippen molar-refractivity contribution in [3.8, 4) is 0 Å². The highest BCUT2D eigenvalue weighted by Gasteiger charge is 2.37. The number of aryl methyl sites for hydroxylation is 1. The smallest absolute Gasteiger partial charge is 0.327 e. The molecule has 1 fully saturated rings. The molecule has 0 radical (unpaired) electrons. The summed E-state index contributed by atoms with van der Waals surface area (Å²) in [6, 6.07) is 6.66. The molecule has 1 N–H and O–H groups in total. The van der Waals surface area contributed by atoms with Crippen molar-refractivity contribution in [2.75, 3.05) is 23.1 Å². The molecule has 1 aromatic rings. The third-order valence-corrected chi connectivity index (χ3v) is 4.38. The molecule has 1 unspecified atom stereocenters. The van der Waals surface area contributed by atoms with E-state index in [1.165, 1.54) is 16.7 Å². The van der Waals surface area contributed by atoms with Gasteiger partial charge in [0, 0.05) is 18.0 Å². The van der Waals surface area contributed by atoms with E-state index in [-0.39, 0.29) is 6.03 Å². The number of carboxylic acids is 1. The molecule has 1 aromatic carbocycles. The van der Waals surface area contributed by atoms with E-state index in [2.05, 4.69) is 0 Å². The van der Waals surface area contributed by atoms with E-state index in [4.69, 9.17) is 0 Å². The van der Waals surface area contributed by atoms with E-state index in [1.54, 1.807) is 4.90 Å². The van der Waals surface area contributed by atoms with Gasteiger partial charge in [0.15, 0.2) is 0 Å². The van der Waals surface area contributed by atoms with Crippen molar-refractivity contribution in [2.24, 2.45) is 0 Å². The number of carbonyl (C=O) groups is 2. The van der Waals surface area contributed by atoms with Crippen molar-refractivity contribution in [1.82, 2.24) is 4.90 Å². The Kier molecular flexibility index (Phi) is 4.54. The highest BCUT2D eigenvalue weighted by molar-refractivity contribution is 7.99. The summed E-state index contributed by atoms with van der Waals surface area (Å²) >= 11 is 1.47. The Morgan fingerprint density at radius 1 is 1.45 bits per heavy atom. The molecule has 0 aliphatic carbocycles. The van der Waals surface area contributed by atoms with Crippen LogP contribution in [0.25, 0.3) is 0 Å². The number of nitrogens with zero attached hydrogens (tertiary/aromatic N) is 2. The maximum Gasteiger partial charge on any atom is 0.327 e. The van der Waals surface area contributed by atoms with Crippen molar-refractivity contribution in [1.29, 1.82) is 0 Å². The molecule has 0 saturated carbocycles. The Hall–Kier alpha value is -1.69. The molecule has 108 valence electrons. The summed E-state index contributed by atoms with van der Waals surface area (Å²) in [6.45, 7) is 4.35. The summed E-state index contributed by atoms with van der Waals surface area (Å²) in [5.74, 6) is -0.0610. The number of urea groups is 1. The molecular formula is C14H18N2O3S. The molecule has 2 amide bonds. The molecule has 1 aliphatic rings. The van der Waals surface area contributed by atoms with Crippen molar-refractivity contribution >= 4 is 29.4 Å². The lowest BCUT2D eigenvalue weighted by atomic mass is 10.2. The first kappa shape index (κ1) is 14.7. The number of benzene rings is 1. The minimum Gasteiger partial charge on any atom is -0.480 e. The van der Waals surface area contributed by atoms with Gasteiger partial charge in [0.25, 0.3) is 0 Å². The minimum atomic E-state index is -0.941. The summed E-state index contributed by atoms with van der Waals surface area (Å²) in [4.78, 5) is 26.9. The summed E-state index contributed by atoms with van der Waals surface area (Å²) in [5.41, 5.74) is 1.84. The molecule has 2 rings (SSSR count). The summed E-state index contributed by atoms with van der Waals surface area (Å²) in [5, 5.41) is 9.19. The van der Waals surface area contributed by atoms with Crippen LogP contribution in [0.1, 0.15) is 12.5 Å². The second-order valence-corrected chi connectivity index (χ2v) is 5.64. The number of carbonyl (C=O) groups excluding carboxylic acids is 1. The van der Waals surface area contributed by atoms with Gasteiger partial charge in [-0.1, -0.05) is 18.2 Å². The van der Waals surface area contributed by atoms with Crippen LogP contribution in [-0.2, 0) is 4.79 Å². The average Bonchev–Trinajstić information content (AvgIpc) is 2.91. The normalized spacial score (nSPS) is 18.1. The Labute approximate surface area is 122 Å². The van der Waals surface area contributed by atoms with Gasteiger partial charge in [0.05, 0.1) is 5.88 Å². The van der Waals surface area contributed by atoms with Gasteiger partial charge in [-0.2, -0.15) is 0 Å². The van der Waals surface area contributed by atoms with Crippen LogP contribution in [-0.4, -0.2) is 46.2 Å². The number of para-hydroxylation sites is 1. The highest BCUT2D eigenvalue weighted by atomic mass is 32.2. The van der Waals surface area contributed by atoms with Crippen LogP contribution in [0, 0.1) is 6.92 Å². The lowest BCUT2D eigenvalue weighted by molar-refractivity contribution is -0.140. The lowest BCUT2D eigenvalue weighted by Gasteiger charge is -2.30. The van der Waals surface area contributed by atoms with Gasteiger partial charge < -0.3 is 10.0 Å². The molecule has 1 heterocycles. The van der Waals surface area contributed by atoms with Crippen LogP contribution in [0.15, 0.2) is 24.3 Å². The number of anilines is 1. The molecule has 0 spiro atoms. The number of hydrogen-bond acceptors (Lipinski definition) is 3. The van der Waals surface area contributed by atoms with E-state index in [0.29, 0.717) is 18.2 Å². The fourth-order valence-electron chi connectivity index (χ4n) is 2.27. The van der Waals surface area contributed by atoms with E-state index < -0.39 is 12.0 Å². The Morgan fingerprint density at radius 3 is 2.75 bits per heavy atom.